The van der Waals surface area contributed by atoms with Gasteiger partial charge in [-0.1, -0.05) is 13.0 Å². The Labute approximate surface area is 142 Å². The number of hydrogen-bond donors (Lipinski definition) is 0. The van der Waals surface area contributed by atoms with E-state index in [-0.39, 0.29) is 11.8 Å². The number of nitrogens with zero attached hydrogens (tertiary/aromatic N) is 4. The van der Waals surface area contributed by atoms with E-state index in [9.17, 15) is 9.59 Å². The molecule has 0 aliphatic carbocycles. The number of aryl methyl sites for hydroxylation is 1. The van der Waals surface area contributed by atoms with Crippen LogP contribution in [0.1, 0.15) is 25.3 Å². The number of hydrogen-bond acceptors (Lipinski definition) is 3. The number of rotatable bonds is 3. The first-order chi connectivity index (χ1) is 11.6. The molecule has 0 saturated carbocycles. The predicted octanol–water partition coefficient (Wildman–Crippen LogP) is 1.59. The van der Waals surface area contributed by atoms with E-state index >= 15 is 0 Å². The number of carbonyl (C=O) groups excluding carboxylic acids is 2. The van der Waals surface area contributed by atoms with E-state index in [0.29, 0.717) is 25.9 Å². The Morgan fingerprint density at radius 2 is 1.79 bits per heavy atom. The van der Waals surface area contributed by atoms with Gasteiger partial charge in [-0.25, -0.2) is 4.98 Å². The maximum atomic E-state index is 12.6. The van der Waals surface area contributed by atoms with Crippen LogP contribution in [-0.4, -0.2) is 57.3 Å². The van der Waals surface area contributed by atoms with Crippen molar-refractivity contribution in [1.29, 1.82) is 0 Å². The summed E-state index contributed by atoms with van der Waals surface area (Å²) in [6, 6.07) is 5.99. The van der Waals surface area contributed by atoms with Gasteiger partial charge in [0.25, 0.3) is 0 Å². The molecular formula is C18H24N4O2. The van der Waals surface area contributed by atoms with Crippen molar-refractivity contribution in [2.24, 2.45) is 7.05 Å². The molecule has 0 unspecified atom stereocenters. The third kappa shape index (κ3) is 3.42. The molecule has 6 heteroatoms. The Kier molecular flexibility index (Phi) is 4.83. The molecule has 1 aliphatic rings. The van der Waals surface area contributed by atoms with Crippen LogP contribution in [0.25, 0.3) is 11.0 Å². The second kappa shape index (κ2) is 7.03. The van der Waals surface area contributed by atoms with Gasteiger partial charge in [0, 0.05) is 39.6 Å². The number of amides is 2. The summed E-state index contributed by atoms with van der Waals surface area (Å²) in [6.07, 6.45) is 3.54. The van der Waals surface area contributed by atoms with Crippen LogP contribution in [0.5, 0.6) is 0 Å². The van der Waals surface area contributed by atoms with Crippen molar-refractivity contribution in [3.8, 4) is 0 Å². The SMILES string of the molecule is CCC(=O)N1CCCN(C(=O)Cc2ccc3c(c2)ncn3C)CC1. The topological polar surface area (TPSA) is 58.4 Å². The molecule has 2 aromatic rings. The van der Waals surface area contributed by atoms with Gasteiger partial charge in [0.1, 0.15) is 0 Å². The Balaban J connectivity index is 1.64. The van der Waals surface area contributed by atoms with E-state index in [1.807, 2.05) is 46.5 Å². The van der Waals surface area contributed by atoms with Crippen molar-refractivity contribution >= 4 is 22.8 Å². The summed E-state index contributed by atoms with van der Waals surface area (Å²) in [7, 11) is 1.96. The molecule has 0 N–H and O–H groups in total. The van der Waals surface area contributed by atoms with E-state index in [1.54, 1.807) is 6.33 Å². The first-order valence-corrected chi connectivity index (χ1v) is 8.54. The molecule has 1 saturated heterocycles. The lowest BCUT2D eigenvalue weighted by molar-refractivity contribution is -0.133. The molecule has 1 fully saturated rings. The van der Waals surface area contributed by atoms with Gasteiger partial charge in [-0.05, 0) is 24.1 Å². The van der Waals surface area contributed by atoms with Crippen molar-refractivity contribution < 1.29 is 9.59 Å². The number of carbonyl (C=O) groups is 2. The molecule has 0 spiro atoms. The summed E-state index contributed by atoms with van der Waals surface area (Å²) >= 11 is 0. The number of imidazole rings is 1. The van der Waals surface area contributed by atoms with E-state index in [4.69, 9.17) is 0 Å². The standard InChI is InChI=1S/C18H24N4O2/c1-3-17(23)21-7-4-8-22(10-9-21)18(24)12-14-5-6-16-15(11-14)19-13-20(16)2/h5-6,11,13H,3-4,7-10,12H2,1-2H3. The highest BCUT2D eigenvalue weighted by atomic mass is 16.2. The fraction of sp³-hybridized carbons (Fsp3) is 0.500. The zero-order valence-electron chi connectivity index (χ0n) is 14.4. The zero-order chi connectivity index (χ0) is 17.1. The first kappa shape index (κ1) is 16.5. The smallest absolute Gasteiger partial charge is 0.227 e. The summed E-state index contributed by atoms with van der Waals surface area (Å²) in [5.74, 6) is 0.293. The van der Waals surface area contributed by atoms with Crippen molar-refractivity contribution in [2.75, 3.05) is 26.2 Å². The molecule has 1 aromatic carbocycles. The molecule has 6 nitrogen and oxygen atoms in total. The van der Waals surface area contributed by atoms with Crippen LogP contribution >= 0.6 is 0 Å². The largest absolute Gasteiger partial charge is 0.341 e. The molecule has 2 amide bonds. The Bertz CT molecular complexity index is 753. The fourth-order valence-corrected chi connectivity index (χ4v) is 3.22. The predicted molar refractivity (Wildman–Crippen MR) is 92.5 cm³/mol. The Hall–Kier alpha value is -2.37. The van der Waals surface area contributed by atoms with Crippen LogP contribution in [0.2, 0.25) is 0 Å². The summed E-state index contributed by atoms with van der Waals surface area (Å²) < 4.78 is 1.97. The van der Waals surface area contributed by atoms with Gasteiger partial charge in [-0.2, -0.15) is 0 Å². The van der Waals surface area contributed by atoms with E-state index < -0.39 is 0 Å². The molecule has 24 heavy (non-hydrogen) atoms. The van der Waals surface area contributed by atoms with E-state index in [0.717, 1.165) is 36.1 Å². The lowest BCUT2D eigenvalue weighted by Gasteiger charge is -2.22. The molecule has 1 aromatic heterocycles. The third-order valence-corrected chi connectivity index (χ3v) is 4.65. The minimum atomic E-state index is 0.121. The highest BCUT2D eigenvalue weighted by molar-refractivity contribution is 5.82. The van der Waals surface area contributed by atoms with Crippen LogP contribution in [0.4, 0.5) is 0 Å². The highest BCUT2D eigenvalue weighted by Gasteiger charge is 2.21. The average molecular weight is 328 g/mol. The van der Waals surface area contributed by atoms with Crippen LogP contribution < -0.4 is 0 Å². The lowest BCUT2D eigenvalue weighted by Crippen LogP contribution is -2.37. The maximum Gasteiger partial charge on any atom is 0.227 e. The van der Waals surface area contributed by atoms with Crippen molar-refractivity contribution in [2.45, 2.75) is 26.2 Å². The van der Waals surface area contributed by atoms with Crippen LogP contribution in [0.15, 0.2) is 24.5 Å². The minimum Gasteiger partial charge on any atom is -0.341 e. The summed E-state index contributed by atoms with van der Waals surface area (Å²) in [6.45, 7) is 4.60. The molecule has 1 aliphatic heterocycles. The van der Waals surface area contributed by atoms with Crippen LogP contribution in [0.3, 0.4) is 0 Å². The highest BCUT2D eigenvalue weighted by Crippen LogP contribution is 2.15. The van der Waals surface area contributed by atoms with Gasteiger partial charge in [-0.15, -0.1) is 0 Å². The number of benzene rings is 1. The van der Waals surface area contributed by atoms with Gasteiger partial charge in [0.05, 0.1) is 23.8 Å². The van der Waals surface area contributed by atoms with Gasteiger partial charge in [-0.3, -0.25) is 9.59 Å². The van der Waals surface area contributed by atoms with Gasteiger partial charge >= 0.3 is 0 Å². The van der Waals surface area contributed by atoms with Crippen LogP contribution in [-0.2, 0) is 23.1 Å². The summed E-state index contributed by atoms with van der Waals surface area (Å²) in [4.78, 5) is 32.5. The Morgan fingerprint density at radius 1 is 1.08 bits per heavy atom. The third-order valence-electron chi connectivity index (χ3n) is 4.65. The zero-order valence-corrected chi connectivity index (χ0v) is 14.4. The van der Waals surface area contributed by atoms with Crippen molar-refractivity contribution in [3.05, 3.63) is 30.1 Å². The second-order valence-electron chi connectivity index (χ2n) is 6.32. The molecule has 0 bridgehead atoms. The van der Waals surface area contributed by atoms with E-state index in [2.05, 4.69) is 4.98 Å². The molecular weight excluding hydrogens is 304 g/mol. The van der Waals surface area contributed by atoms with Crippen molar-refractivity contribution in [1.82, 2.24) is 19.4 Å². The Morgan fingerprint density at radius 3 is 2.50 bits per heavy atom. The maximum absolute atomic E-state index is 12.6. The normalized spacial score (nSPS) is 15.6. The molecule has 2 heterocycles. The van der Waals surface area contributed by atoms with Crippen molar-refractivity contribution in [3.63, 3.8) is 0 Å². The van der Waals surface area contributed by atoms with Gasteiger partial charge in [0.15, 0.2) is 0 Å². The van der Waals surface area contributed by atoms with E-state index in [1.165, 1.54) is 0 Å². The van der Waals surface area contributed by atoms with Crippen LogP contribution in [0, 0.1) is 0 Å². The minimum absolute atomic E-state index is 0.121. The summed E-state index contributed by atoms with van der Waals surface area (Å²) in [5.41, 5.74) is 2.96. The molecule has 0 radical (unpaired) electrons. The second-order valence-corrected chi connectivity index (χ2v) is 6.32. The summed E-state index contributed by atoms with van der Waals surface area (Å²) in [5, 5.41) is 0. The fourth-order valence-electron chi connectivity index (χ4n) is 3.22. The molecule has 0 atom stereocenters. The molecule has 128 valence electrons. The first-order valence-electron chi connectivity index (χ1n) is 8.54. The number of fused-ring (bicyclic) bond motifs is 1. The number of aromatic nitrogens is 2. The van der Waals surface area contributed by atoms with Gasteiger partial charge < -0.3 is 14.4 Å². The average Bonchev–Trinajstić information content (AvgIpc) is 2.80. The molecule has 3 rings (SSSR count). The quantitative estimate of drug-likeness (QED) is 0.860. The van der Waals surface area contributed by atoms with Gasteiger partial charge in [0.2, 0.25) is 11.8 Å². The lowest BCUT2D eigenvalue weighted by atomic mass is 10.1. The monoisotopic (exact) mass is 328 g/mol.